The van der Waals surface area contributed by atoms with Gasteiger partial charge in [0, 0.05) is 5.41 Å². The Morgan fingerprint density at radius 1 is 1.07 bits per heavy atom. The average Bonchev–Trinajstić information content (AvgIpc) is 2.86. The molecule has 0 aromatic carbocycles. The highest BCUT2D eigenvalue weighted by molar-refractivity contribution is 5.74. The van der Waals surface area contributed by atoms with E-state index in [-0.39, 0.29) is 35.7 Å². The molecule has 0 spiro atoms. The van der Waals surface area contributed by atoms with Crippen LogP contribution in [0.25, 0.3) is 0 Å². The van der Waals surface area contributed by atoms with Gasteiger partial charge in [-0.3, -0.25) is 0 Å². The first-order chi connectivity index (χ1) is 12.5. The second-order valence-corrected chi connectivity index (χ2v) is 10.4. The van der Waals surface area contributed by atoms with Crippen LogP contribution in [0.4, 0.5) is 0 Å². The molecular formula is C21H34O6. The van der Waals surface area contributed by atoms with Crippen LogP contribution < -0.4 is 0 Å². The number of carboxylic acid groups (broad SMARTS) is 1. The highest BCUT2D eigenvalue weighted by Crippen LogP contribution is 2.68. The van der Waals surface area contributed by atoms with E-state index in [1.807, 2.05) is 6.92 Å². The molecule has 4 aliphatic carbocycles. The largest absolute Gasteiger partial charge is 0.479 e. The van der Waals surface area contributed by atoms with Gasteiger partial charge < -0.3 is 25.5 Å². The van der Waals surface area contributed by atoms with E-state index in [9.17, 15) is 30.3 Å². The van der Waals surface area contributed by atoms with Gasteiger partial charge in [0.1, 0.15) is 5.60 Å². The van der Waals surface area contributed by atoms with Crippen molar-refractivity contribution in [2.24, 2.45) is 34.5 Å². The maximum Gasteiger partial charge on any atom is 0.335 e. The molecule has 154 valence electrons. The Labute approximate surface area is 160 Å². The van der Waals surface area contributed by atoms with Gasteiger partial charge in [0.05, 0.1) is 12.2 Å². The molecule has 0 heterocycles. The number of aliphatic carboxylic acids is 1. The van der Waals surface area contributed by atoms with Crippen LogP contribution in [0.2, 0.25) is 0 Å². The summed E-state index contributed by atoms with van der Waals surface area (Å²) < 4.78 is 0. The van der Waals surface area contributed by atoms with Gasteiger partial charge in [-0.2, -0.15) is 0 Å². The Bertz CT molecular complexity index is 624. The number of fused-ring (bicyclic) bond motifs is 5. The smallest absolute Gasteiger partial charge is 0.335 e. The highest BCUT2D eigenvalue weighted by atomic mass is 16.4. The third-order valence-electron chi connectivity index (χ3n) is 9.47. The fourth-order valence-corrected chi connectivity index (χ4v) is 8.05. The third kappa shape index (κ3) is 2.49. The topological polar surface area (TPSA) is 118 Å². The second kappa shape index (κ2) is 6.15. The van der Waals surface area contributed by atoms with Crippen molar-refractivity contribution in [3.63, 3.8) is 0 Å². The van der Waals surface area contributed by atoms with Gasteiger partial charge in [-0.15, -0.1) is 0 Å². The molecule has 5 N–H and O–H groups in total. The van der Waals surface area contributed by atoms with E-state index in [2.05, 4.69) is 6.92 Å². The van der Waals surface area contributed by atoms with Crippen molar-refractivity contribution >= 4 is 5.97 Å². The van der Waals surface area contributed by atoms with E-state index in [0.717, 1.165) is 32.1 Å². The lowest BCUT2D eigenvalue weighted by Gasteiger charge is -2.63. The van der Waals surface area contributed by atoms with Crippen molar-refractivity contribution in [1.29, 1.82) is 0 Å². The lowest BCUT2D eigenvalue weighted by molar-refractivity contribution is -0.223. The van der Waals surface area contributed by atoms with Crippen LogP contribution in [-0.4, -0.2) is 55.4 Å². The highest BCUT2D eigenvalue weighted by Gasteiger charge is 2.69. The van der Waals surface area contributed by atoms with Crippen molar-refractivity contribution < 1.29 is 30.3 Å². The molecule has 0 aromatic heterocycles. The molecule has 0 saturated heterocycles. The van der Waals surface area contributed by atoms with Gasteiger partial charge in [-0.05, 0) is 80.5 Å². The summed E-state index contributed by atoms with van der Waals surface area (Å²) in [4.78, 5) is 11.4. The zero-order chi connectivity index (χ0) is 19.8. The number of rotatable bonds is 2. The SMILES string of the molecule is C[C@]12CC[C@@H](O)CC1CC[C@@H]1[C@@H]2[C@@H](O)C[C@@]2(C)[C@H]1CC[C@]2(O)C(O)C(=O)O. The fourth-order valence-electron chi connectivity index (χ4n) is 8.05. The number of hydrogen-bond donors (Lipinski definition) is 5. The predicted molar refractivity (Wildman–Crippen MR) is 97.7 cm³/mol. The first kappa shape index (κ1) is 19.6. The summed E-state index contributed by atoms with van der Waals surface area (Å²) in [6.45, 7) is 4.13. The number of aliphatic hydroxyl groups is 4. The van der Waals surface area contributed by atoms with E-state index < -0.39 is 29.2 Å². The maximum atomic E-state index is 11.4. The zero-order valence-electron chi connectivity index (χ0n) is 16.3. The quantitative estimate of drug-likeness (QED) is 0.494. The van der Waals surface area contributed by atoms with Gasteiger partial charge in [0.2, 0.25) is 0 Å². The van der Waals surface area contributed by atoms with Crippen LogP contribution >= 0.6 is 0 Å². The lowest BCUT2D eigenvalue weighted by Crippen LogP contribution is -2.64. The van der Waals surface area contributed by atoms with E-state index in [4.69, 9.17) is 0 Å². The molecule has 2 unspecified atom stereocenters. The van der Waals surface area contributed by atoms with Gasteiger partial charge in [-0.25, -0.2) is 4.79 Å². The standard InChI is InChI=1S/C21H34O6/c1-19-7-5-12(22)9-11(19)3-4-13-14-6-8-21(27,17(24)18(25)26)20(14,2)10-15(23)16(13)19/h11-17,22-24,27H,3-10H2,1-2H3,(H,25,26)/t11?,12-,13+,14+,15+,16-,17?,19+,20+,21+/m1/s1. The number of aliphatic hydroxyl groups excluding tert-OH is 3. The number of carboxylic acids is 1. The first-order valence-electron chi connectivity index (χ1n) is 10.5. The van der Waals surface area contributed by atoms with E-state index in [1.165, 1.54) is 0 Å². The van der Waals surface area contributed by atoms with Gasteiger partial charge in [-0.1, -0.05) is 13.8 Å². The Balaban J connectivity index is 1.68. The maximum absolute atomic E-state index is 11.4. The molecule has 0 bridgehead atoms. The van der Waals surface area contributed by atoms with Crippen molar-refractivity contribution in [2.45, 2.75) is 89.1 Å². The summed E-state index contributed by atoms with van der Waals surface area (Å²) in [6.07, 6.45) is 3.01. The summed E-state index contributed by atoms with van der Waals surface area (Å²) in [7, 11) is 0. The number of carbonyl (C=O) groups is 1. The van der Waals surface area contributed by atoms with Gasteiger partial charge in [0.15, 0.2) is 6.10 Å². The average molecular weight is 382 g/mol. The minimum absolute atomic E-state index is 0.0188. The molecular weight excluding hydrogens is 348 g/mol. The van der Waals surface area contributed by atoms with Crippen molar-refractivity contribution in [3.8, 4) is 0 Å². The molecule has 0 aromatic rings. The third-order valence-corrected chi connectivity index (χ3v) is 9.47. The predicted octanol–water partition coefficient (Wildman–Crippen LogP) is 1.54. The van der Waals surface area contributed by atoms with Gasteiger partial charge in [0.25, 0.3) is 0 Å². The van der Waals surface area contributed by atoms with E-state index in [1.54, 1.807) is 0 Å². The molecule has 4 saturated carbocycles. The summed E-state index contributed by atoms with van der Waals surface area (Å²) in [5, 5.41) is 52.2. The van der Waals surface area contributed by atoms with Crippen molar-refractivity contribution in [1.82, 2.24) is 0 Å². The van der Waals surface area contributed by atoms with Crippen LogP contribution in [0.15, 0.2) is 0 Å². The van der Waals surface area contributed by atoms with Gasteiger partial charge >= 0.3 is 5.97 Å². The number of hydrogen-bond acceptors (Lipinski definition) is 5. The second-order valence-electron chi connectivity index (χ2n) is 10.4. The summed E-state index contributed by atoms with van der Waals surface area (Å²) in [5.41, 5.74) is -2.52. The molecule has 0 aliphatic heterocycles. The van der Waals surface area contributed by atoms with Crippen LogP contribution in [0.1, 0.15) is 65.2 Å². The molecule has 6 heteroatoms. The van der Waals surface area contributed by atoms with E-state index >= 15 is 0 Å². The normalized spacial score (nSPS) is 55.9. The van der Waals surface area contributed by atoms with Crippen LogP contribution in [0.3, 0.4) is 0 Å². The molecule has 27 heavy (non-hydrogen) atoms. The Hall–Kier alpha value is -0.690. The molecule has 0 amide bonds. The van der Waals surface area contributed by atoms with Crippen molar-refractivity contribution in [2.75, 3.05) is 0 Å². The molecule has 0 radical (unpaired) electrons. The Morgan fingerprint density at radius 3 is 2.44 bits per heavy atom. The molecule has 6 nitrogen and oxygen atoms in total. The van der Waals surface area contributed by atoms with E-state index in [0.29, 0.717) is 18.8 Å². The lowest BCUT2D eigenvalue weighted by atomic mass is 9.43. The molecule has 4 aliphatic rings. The van der Waals surface area contributed by atoms with Crippen molar-refractivity contribution in [3.05, 3.63) is 0 Å². The first-order valence-corrected chi connectivity index (χ1v) is 10.5. The zero-order valence-corrected chi connectivity index (χ0v) is 16.3. The summed E-state index contributed by atoms with van der Waals surface area (Å²) in [6, 6.07) is 0. The Kier molecular flexibility index (Phi) is 4.47. The summed E-state index contributed by atoms with van der Waals surface area (Å²) >= 11 is 0. The fraction of sp³-hybridized carbons (Fsp3) is 0.952. The molecule has 4 rings (SSSR count). The Morgan fingerprint density at radius 2 is 1.78 bits per heavy atom. The van der Waals surface area contributed by atoms with Crippen LogP contribution in [0, 0.1) is 34.5 Å². The summed E-state index contributed by atoms with van der Waals surface area (Å²) in [5.74, 6) is -0.537. The minimum atomic E-state index is -1.83. The van der Waals surface area contributed by atoms with Crippen LogP contribution in [0.5, 0.6) is 0 Å². The molecule has 4 fully saturated rings. The minimum Gasteiger partial charge on any atom is -0.479 e. The monoisotopic (exact) mass is 382 g/mol. The van der Waals surface area contributed by atoms with Crippen LogP contribution in [-0.2, 0) is 4.79 Å². The molecule has 10 atom stereocenters.